The average molecular weight is 293 g/mol. The molecule has 0 saturated carbocycles. The normalized spacial score (nSPS) is 10.4. The van der Waals surface area contributed by atoms with Crippen LogP contribution in [0.1, 0.15) is 5.56 Å². The highest BCUT2D eigenvalue weighted by atomic mass is 19.1. The second-order valence-corrected chi connectivity index (χ2v) is 4.28. The third kappa shape index (κ3) is 3.79. The number of methoxy groups -OCH3 is 1. The molecule has 0 bridgehead atoms. The van der Waals surface area contributed by atoms with Crippen molar-refractivity contribution in [3.63, 3.8) is 0 Å². The third-order valence-electron chi connectivity index (χ3n) is 2.81. The molecule has 0 aliphatic rings. The molecular formula is C14H16FN3O3. The fourth-order valence-corrected chi connectivity index (χ4v) is 1.74. The average Bonchev–Trinajstić information content (AvgIpc) is 2.49. The molecule has 0 fully saturated rings. The molecule has 2 N–H and O–H groups in total. The molecule has 0 aliphatic carbocycles. The second kappa shape index (κ2) is 6.85. The Bertz CT molecular complexity index is 673. The highest BCUT2D eigenvalue weighted by Gasteiger charge is 2.07. The summed E-state index contributed by atoms with van der Waals surface area (Å²) >= 11 is 0. The zero-order valence-corrected chi connectivity index (χ0v) is 11.6. The van der Waals surface area contributed by atoms with Gasteiger partial charge < -0.3 is 15.2 Å². The van der Waals surface area contributed by atoms with Crippen LogP contribution in [0.25, 0.3) is 0 Å². The zero-order valence-electron chi connectivity index (χ0n) is 11.6. The zero-order chi connectivity index (χ0) is 15.2. The fourth-order valence-electron chi connectivity index (χ4n) is 1.74. The van der Waals surface area contributed by atoms with E-state index in [4.69, 9.17) is 15.2 Å². The molecule has 2 rings (SSSR count). The monoisotopic (exact) mass is 293 g/mol. The molecule has 7 heteroatoms. The van der Waals surface area contributed by atoms with Crippen LogP contribution in [0.15, 0.2) is 35.3 Å². The van der Waals surface area contributed by atoms with Gasteiger partial charge in [0, 0.05) is 24.2 Å². The number of ether oxygens (including phenoxy) is 2. The molecule has 0 unspecified atom stereocenters. The van der Waals surface area contributed by atoms with Gasteiger partial charge in [0.25, 0.3) is 5.56 Å². The number of hydrogen-bond donors (Lipinski definition) is 1. The van der Waals surface area contributed by atoms with Crippen molar-refractivity contribution in [2.24, 2.45) is 5.73 Å². The lowest BCUT2D eigenvalue weighted by Gasteiger charge is -2.08. The van der Waals surface area contributed by atoms with Gasteiger partial charge in [0.2, 0.25) is 0 Å². The molecule has 0 radical (unpaired) electrons. The molecule has 0 saturated heterocycles. The van der Waals surface area contributed by atoms with Crippen LogP contribution in [-0.4, -0.2) is 30.0 Å². The maximum absolute atomic E-state index is 13.8. The maximum atomic E-state index is 13.8. The number of aromatic nitrogens is 2. The third-order valence-corrected chi connectivity index (χ3v) is 2.81. The van der Waals surface area contributed by atoms with Gasteiger partial charge in [0.15, 0.2) is 0 Å². The molecule has 0 amide bonds. The molecule has 112 valence electrons. The number of halogens is 1. The number of rotatable bonds is 6. The summed E-state index contributed by atoms with van der Waals surface area (Å²) in [6.07, 6.45) is 1.40. The first kappa shape index (κ1) is 15.0. The van der Waals surface area contributed by atoms with E-state index >= 15 is 0 Å². The Labute approximate surface area is 120 Å². The van der Waals surface area contributed by atoms with Gasteiger partial charge in [-0.25, -0.2) is 9.07 Å². The van der Waals surface area contributed by atoms with Crippen LogP contribution in [0.2, 0.25) is 0 Å². The van der Waals surface area contributed by atoms with Crippen molar-refractivity contribution in [3.05, 3.63) is 52.2 Å². The predicted molar refractivity (Wildman–Crippen MR) is 75.1 cm³/mol. The van der Waals surface area contributed by atoms with E-state index in [1.165, 1.54) is 25.4 Å². The molecule has 0 aliphatic heterocycles. The van der Waals surface area contributed by atoms with E-state index in [-0.39, 0.29) is 12.1 Å². The SMILES string of the molecule is COc1ccc(Cn2ncc(OCCN)cc2=O)c(F)c1. The van der Waals surface area contributed by atoms with Crippen molar-refractivity contribution < 1.29 is 13.9 Å². The van der Waals surface area contributed by atoms with E-state index in [1.54, 1.807) is 12.1 Å². The highest BCUT2D eigenvalue weighted by molar-refractivity contribution is 5.29. The van der Waals surface area contributed by atoms with Gasteiger partial charge in [0.05, 0.1) is 19.9 Å². The molecule has 0 atom stereocenters. The Morgan fingerprint density at radius 2 is 2.14 bits per heavy atom. The van der Waals surface area contributed by atoms with Crippen molar-refractivity contribution in [3.8, 4) is 11.5 Å². The summed E-state index contributed by atoms with van der Waals surface area (Å²) in [6, 6.07) is 5.74. The van der Waals surface area contributed by atoms with Gasteiger partial charge in [-0.2, -0.15) is 5.10 Å². The quantitative estimate of drug-likeness (QED) is 0.851. The minimum atomic E-state index is -0.452. The Morgan fingerprint density at radius 3 is 2.76 bits per heavy atom. The summed E-state index contributed by atoms with van der Waals surface area (Å²) in [6.45, 7) is 0.685. The summed E-state index contributed by atoms with van der Waals surface area (Å²) in [5.41, 5.74) is 5.28. The Balaban J connectivity index is 2.18. The lowest BCUT2D eigenvalue weighted by molar-refractivity contribution is 0.324. The molecule has 0 spiro atoms. The van der Waals surface area contributed by atoms with Gasteiger partial charge >= 0.3 is 0 Å². The van der Waals surface area contributed by atoms with Gasteiger partial charge in [-0.15, -0.1) is 0 Å². The van der Waals surface area contributed by atoms with Crippen LogP contribution < -0.4 is 20.8 Å². The second-order valence-electron chi connectivity index (χ2n) is 4.28. The first-order chi connectivity index (χ1) is 10.1. The van der Waals surface area contributed by atoms with Crippen molar-refractivity contribution >= 4 is 0 Å². The van der Waals surface area contributed by atoms with E-state index in [0.717, 1.165) is 4.68 Å². The van der Waals surface area contributed by atoms with Crippen molar-refractivity contribution in [2.75, 3.05) is 20.3 Å². The largest absolute Gasteiger partial charge is 0.497 e. The van der Waals surface area contributed by atoms with E-state index in [2.05, 4.69) is 5.10 Å². The van der Waals surface area contributed by atoms with Crippen LogP contribution >= 0.6 is 0 Å². The molecule has 2 aromatic rings. The van der Waals surface area contributed by atoms with Crippen LogP contribution in [0.5, 0.6) is 11.5 Å². The number of benzene rings is 1. The van der Waals surface area contributed by atoms with Gasteiger partial charge in [-0.3, -0.25) is 4.79 Å². The van der Waals surface area contributed by atoms with Crippen LogP contribution in [-0.2, 0) is 6.54 Å². The van der Waals surface area contributed by atoms with Crippen LogP contribution in [0, 0.1) is 5.82 Å². The van der Waals surface area contributed by atoms with Crippen LogP contribution in [0.4, 0.5) is 4.39 Å². The first-order valence-electron chi connectivity index (χ1n) is 6.36. The maximum Gasteiger partial charge on any atom is 0.270 e. The molecule has 1 aromatic heterocycles. The first-order valence-corrected chi connectivity index (χ1v) is 6.36. The molecular weight excluding hydrogens is 277 g/mol. The predicted octanol–water partition coefficient (Wildman–Crippen LogP) is 0.777. The van der Waals surface area contributed by atoms with Crippen LogP contribution in [0.3, 0.4) is 0 Å². The van der Waals surface area contributed by atoms with Crippen molar-refractivity contribution in [1.29, 1.82) is 0 Å². The smallest absolute Gasteiger partial charge is 0.270 e. The van der Waals surface area contributed by atoms with Gasteiger partial charge in [-0.05, 0) is 6.07 Å². The summed E-state index contributed by atoms with van der Waals surface area (Å²) in [5.74, 6) is 0.311. The molecule has 1 heterocycles. The topological polar surface area (TPSA) is 79.4 Å². The molecule has 1 aromatic carbocycles. The lowest BCUT2D eigenvalue weighted by Crippen LogP contribution is -2.23. The van der Waals surface area contributed by atoms with Gasteiger partial charge in [-0.1, -0.05) is 6.07 Å². The Hall–Kier alpha value is -2.41. The Kier molecular flexibility index (Phi) is 4.89. The molecule has 6 nitrogen and oxygen atoms in total. The number of nitrogens with two attached hydrogens (primary N) is 1. The minimum Gasteiger partial charge on any atom is -0.497 e. The van der Waals surface area contributed by atoms with Crippen molar-refractivity contribution in [2.45, 2.75) is 6.54 Å². The Morgan fingerprint density at radius 1 is 1.33 bits per heavy atom. The van der Waals surface area contributed by atoms with Gasteiger partial charge in [0.1, 0.15) is 23.9 Å². The van der Waals surface area contributed by atoms with E-state index in [1.807, 2.05) is 0 Å². The molecule has 21 heavy (non-hydrogen) atoms. The summed E-state index contributed by atoms with van der Waals surface area (Å²) < 4.78 is 25.1. The highest BCUT2D eigenvalue weighted by Crippen LogP contribution is 2.16. The fraction of sp³-hybridized carbons (Fsp3) is 0.286. The summed E-state index contributed by atoms with van der Waals surface area (Å²) in [5, 5.41) is 3.95. The standard InChI is InChI=1S/C14H16FN3O3/c1-20-11-3-2-10(13(15)6-11)9-18-14(19)7-12(8-17-18)21-5-4-16/h2-3,6-8H,4-5,9,16H2,1H3. The summed E-state index contributed by atoms with van der Waals surface area (Å²) in [7, 11) is 1.46. The lowest BCUT2D eigenvalue weighted by atomic mass is 10.2. The van der Waals surface area contributed by atoms with Crippen molar-refractivity contribution in [1.82, 2.24) is 9.78 Å². The van der Waals surface area contributed by atoms with E-state index < -0.39 is 5.82 Å². The minimum absolute atomic E-state index is 0.0336. The number of nitrogens with zero attached hydrogens (tertiary/aromatic N) is 2. The van der Waals surface area contributed by atoms with E-state index in [0.29, 0.717) is 30.2 Å². The van der Waals surface area contributed by atoms with E-state index in [9.17, 15) is 9.18 Å². The number of hydrogen-bond acceptors (Lipinski definition) is 5. The summed E-state index contributed by atoms with van der Waals surface area (Å²) in [4.78, 5) is 11.9.